The number of nitro benzene ring substituents is 1. The number of carbonyl (C=O) groups is 6. The third-order valence-corrected chi connectivity index (χ3v) is 7.33. The minimum Gasteiger partial charge on any atom is -0.459 e. The first-order chi connectivity index (χ1) is 25.1. The van der Waals surface area contributed by atoms with E-state index in [1.165, 1.54) is 31.2 Å². The van der Waals surface area contributed by atoms with Crippen molar-refractivity contribution in [2.75, 3.05) is 13.1 Å². The molecular formula is C37H44N6O10. The number of alkyl carbamates (subject to hydrolysis) is 1. The van der Waals surface area contributed by atoms with Gasteiger partial charge in [-0.25, -0.2) is 9.59 Å². The average molecular weight is 733 g/mol. The maximum atomic E-state index is 13.7. The lowest BCUT2D eigenvalue weighted by Crippen LogP contribution is -2.55. The normalized spacial score (nSPS) is 12.5. The van der Waals surface area contributed by atoms with Crippen molar-refractivity contribution in [2.24, 2.45) is 0 Å². The molecule has 3 aromatic carbocycles. The Morgan fingerprint density at radius 2 is 1.21 bits per heavy atom. The molecule has 3 atom stereocenters. The lowest BCUT2D eigenvalue weighted by atomic mass is 10.0. The third-order valence-electron chi connectivity index (χ3n) is 7.33. The van der Waals surface area contributed by atoms with Gasteiger partial charge in [-0.1, -0.05) is 60.7 Å². The van der Waals surface area contributed by atoms with Crippen molar-refractivity contribution in [1.82, 2.24) is 26.6 Å². The van der Waals surface area contributed by atoms with Crippen LogP contribution in [0.15, 0.2) is 84.9 Å². The minimum absolute atomic E-state index is 0.0410. The zero-order valence-corrected chi connectivity index (χ0v) is 29.9. The summed E-state index contributed by atoms with van der Waals surface area (Å²) in [5, 5.41) is 23.4. The number of nitrogens with one attached hydrogen (secondary N) is 5. The molecule has 0 aromatic heterocycles. The number of carbonyl (C=O) groups excluding carboxylic acids is 6. The lowest BCUT2D eigenvalue weighted by molar-refractivity contribution is -0.384. The molecule has 5 amide bonds. The molecule has 0 aliphatic heterocycles. The van der Waals surface area contributed by atoms with E-state index in [4.69, 9.17) is 9.47 Å². The van der Waals surface area contributed by atoms with Gasteiger partial charge in [0.1, 0.15) is 36.9 Å². The highest BCUT2D eigenvalue weighted by atomic mass is 16.6. The largest absolute Gasteiger partial charge is 0.459 e. The van der Waals surface area contributed by atoms with Crippen LogP contribution in [0, 0.1) is 10.1 Å². The Bertz CT molecular complexity index is 1730. The molecule has 16 heteroatoms. The van der Waals surface area contributed by atoms with Crippen molar-refractivity contribution < 1.29 is 43.2 Å². The summed E-state index contributed by atoms with van der Waals surface area (Å²) in [4.78, 5) is 87.2. The molecule has 0 radical (unpaired) electrons. The molecule has 0 spiro atoms. The van der Waals surface area contributed by atoms with E-state index in [-0.39, 0.29) is 25.1 Å². The summed E-state index contributed by atoms with van der Waals surface area (Å²) in [6.45, 7) is 5.19. The highest BCUT2D eigenvalue weighted by molar-refractivity contribution is 5.94. The first-order valence-corrected chi connectivity index (χ1v) is 16.7. The van der Waals surface area contributed by atoms with Gasteiger partial charge in [0.05, 0.1) is 11.5 Å². The van der Waals surface area contributed by atoms with Crippen molar-refractivity contribution in [2.45, 2.75) is 70.9 Å². The molecule has 0 unspecified atom stereocenters. The Labute approximate surface area is 306 Å². The number of rotatable bonds is 17. The fraction of sp³-hybridized carbons (Fsp3) is 0.351. The van der Waals surface area contributed by atoms with Crippen LogP contribution >= 0.6 is 0 Å². The summed E-state index contributed by atoms with van der Waals surface area (Å²) in [6, 6.07) is 19.8. The Balaban J connectivity index is 1.64. The van der Waals surface area contributed by atoms with Gasteiger partial charge in [-0.3, -0.25) is 29.3 Å². The number of ether oxygens (including phenoxy) is 2. The van der Waals surface area contributed by atoms with E-state index < -0.39 is 77.4 Å². The van der Waals surface area contributed by atoms with Gasteiger partial charge in [0.15, 0.2) is 0 Å². The van der Waals surface area contributed by atoms with E-state index in [0.717, 1.165) is 5.56 Å². The van der Waals surface area contributed by atoms with Gasteiger partial charge < -0.3 is 36.1 Å². The van der Waals surface area contributed by atoms with Crippen LogP contribution in [0.2, 0.25) is 0 Å². The molecular weight excluding hydrogens is 688 g/mol. The average Bonchev–Trinajstić information content (AvgIpc) is 3.11. The van der Waals surface area contributed by atoms with E-state index in [9.17, 15) is 38.9 Å². The van der Waals surface area contributed by atoms with Crippen molar-refractivity contribution in [3.8, 4) is 0 Å². The first kappa shape index (κ1) is 41.1. The number of benzene rings is 3. The molecule has 0 fully saturated rings. The van der Waals surface area contributed by atoms with Gasteiger partial charge >= 0.3 is 12.1 Å². The molecule has 16 nitrogen and oxygen atoms in total. The number of nitrogens with zero attached hydrogens (tertiary/aromatic N) is 1. The van der Waals surface area contributed by atoms with Crippen LogP contribution in [-0.4, -0.2) is 77.4 Å². The van der Waals surface area contributed by atoms with Crippen LogP contribution < -0.4 is 26.6 Å². The summed E-state index contributed by atoms with van der Waals surface area (Å²) in [6.07, 6.45) is -0.703. The number of nitro groups is 1. The second-order valence-corrected chi connectivity index (χ2v) is 13.0. The Hall–Kier alpha value is -6.32. The number of esters is 1. The van der Waals surface area contributed by atoms with E-state index >= 15 is 0 Å². The second-order valence-electron chi connectivity index (χ2n) is 13.0. The van der Waals surface area contributed by atoms with Crippen molar-refractivity contribution in [3.63, 3.8) is 0 Å². The zero-order chi connectivity index (χ0) is 39.0. The van der Waals surface area contributed by atoms with Crippen LogP contribution in [-0.2, 0) is 52.9 Å². The maximum absolute atomic E-state index is 13.7. The molecule has 0 aliphatic carbocycles. The molecule has 5 N–H and O–H groups in total. The maximum Gasteiger partial charge on any atom is 0.408 e. The number of hydrogen-bond acceptors (Lipinski definition) is 10. The SMILES string of the molecule is C[C@H](NC(=O)CNC(=O)OC(C)(C)C)C(=O)NCC(=O)N[C@H](Cc1ccccc1)C(=O)N[C@@H](Cc1ccccc1)C(=O)OCc1ccc([N+](=O)[O-])cc1. The summed E-state index contributed by atoms with van der Waals surface area (Å²) < 4.78 is 10.6. The van der Waals surface area contributed by atoms with E-state index in [2.05, 4.69) is 26.6 Å². The minimum atomic E-state index is -1.18. The van der Waals surface area contributed by atoms with Gasteiger partial charge in [-0.15, -0.1) is 0 Å². The molecule has 3 aromatic rings. The van der Waals surface area contributed by atoms with Crippen molar-refractivity contribution >= 4 is 41.4 Å². The Morgan fingerprint density at radius 3 is 1.75 bits per heavy atom. The topological polar surface area (TPSA) is 224 Å². The van der Waals surface area contributed by atoms with Crippen LogP contribution in [0.1, 0.15) is 44.4 Å². The number of hydrogen-bond donors (Lipinski definition) is 5. The summed E-state index contributed by atoms with van der Waals surface area (Å²) in [5.74, 6) is -3.55. The second kappa shape index (κ2) is 19.9. The summed E-state index contributed by atoms with van der Waals surface area (Å²) >= 11 is 0. The fourth-order valence-corrected chi connectivity index (χ4v) is 4.73. The van der Waals surface area contributed by atoms with Crippen molar-refractivity contribution in [3.05, 3.63) is 112 Å². The van der Waals surface area contributed by atoms with Gasteiger partial charge in [0.25, 0.3) is 5.69 Å². The molecule has 0 bridgehead atoms. The van der Waals surface area contributed by atoms with Crippen LogP contribution in [0.3, 0.4) is 0 Å². The van der Waals surface area contributed by atoms with Crippen LogP contribution in [0.4, 0.5) is 10.5 Å². The van der Waals surface area contributed by atoms with Gasteiger partial charge in [-0.2, -0.15) is 0 Å². The number of amides is 5. The predicted molar refractivity (Wildman–Crippen MR) is 192 cm³/mol. The predicted octanol–water partition coefficient (Wildman–Crippen LogP) is 2.24. The summed E-state index contributed by atoms with van der Waals surface area (Å²) in [7, 11) is 0. The molecule has 53 heavy (non-hydrogen) atoms. The highest BCUT2D eigenvalue weighted by Crippen LogP contribution is 2.14. The molecule has 0 aliphatic rings. The highest BCUT2D eigenvalue weighted by Gasteiger charge is 2.29. The first-order valence-electron chi connectivity index (χ1n) is 16.7. The summed E-state index contributed by atoms with van der Waals surface area (Å²) in [5.41, 5.74) is 1.04. The Morgan fingerprint density at radius 1 is 0.679 bits per heavy atom. The quantitative estimate of drug-likeness (QED) is 0.0773. The monoisotopic (exact) mass is 732 g/mol. The molecule has 282 valence electrons. The lowest BCUT2D eigenvalue weighted by Gasteiger charge is -2.23. The molecule has 0 saturated heterocycles. The van der Waals surface area contributed by atoms with Gasteiger partial charge in [0, 0.05) is 25.0 Å². The molecule has 0 heterocycles. The Kier molecular flexibility index (Phi) is 15.4. The van der Waals surface area contributed by atoms with Crippen LogP contribution in [0.5, 0.6) is 0 Å². The van der Waals surface area contributed by atoms with Gasteiger partial charge in [-0.05, 0) is 56.5 Å². The van der Waals surface area contributed by atoms with Crippen LogP contribution in [0.25, 0.3) is 0 Å². The van der Waals surface area contributed by atoms with E-state index in [1.807, 2.05) is 0 Å². The number of non-ortho nitro benzene ring substituents is 1. The fourth-order valence-electron chi connectivity index (χ4n) is 4.73. The van der Waals surface area contributed by atoms with E-state index in [1.54, 1.807) is 81.4 Å². The molecule has 0 saturated carbocycles. The third kappa shape index (κ3) is 15.2. The standard InChI is InChI=1S/C37H44N6O10/c1-24(40-31(44)22-39-36(49)53-37(2,3)4)33(46)38-21-32(45)41-29(19-25-11-7-5-8-12-25)34(47)42-30(20-26-13-9-6-10-14-26)35(48)52-23-27-15-17-28(18-16-27)43(50)51/h5-18,24,29-30H,19-23H2,1-4H3,(H,38,46)(H,39,49)(H,40,44)(H,41,45)(H,42,47)/t24-,29+,30-/m0/s1. The van der Waals surface area contributed by atoms with Gasteiger partial charge in [0.2, 0.25) is 23.6 Å². The smallest absolute Gasteiger partial charge is 0.408 e. The molecule has 3 rings (SSSR count). The zero-order valence-electron chi connectivity index (χ0n) is 29.9. The van der Waals surface area contributed by atoms with E-state index in [0.29, 0.717) is 11.1 Å². The van der Waals surface area contributed by atoms with Crippen molar-refractivity contribution in [1.29, 1.82) is 0 Å².